The summed E-state index contributed by atoms with van der Waals surface area (Å²) in [7, 11) is 0. The molecule has 0 radical (unpaired) electrons. The zero-order chi connectivity index (χ0) is 33.3. The van der Waals surface area contributed by atoms with Gasteiger partial charge in [0, 0.05) is 36.6 Å². The standard InChI is InChI=1S/C49H29NS/c1-6-18-40-33(12-1)34-13-2-7-19-41(34)49(40)42-28-30(32-17-11-23-47-48(32)39-16-5-10-22-46(39)51-47)24-26-35(42)36-27-25-31(29-43(36)49)50-44-20-8-3-14-37(44)38-15-4-9-21-45(38)50/h1-29H. The molecule has 2 heteroatoms. The average molecular weight is 664 g/mol. The zero-order valence-electron chi connectivity index (χ0n) is 27.6. The van der Waals surface area contributed by atoms with Gasteiger partial charge in [-0.2, -0.15) is 0 Å². The van der Waals surface area contributed by atoms with Crippen LogP contribution < -0.4 is 0 Å². The molecule has 2 aromatic heterocycles. The van der Waals surface area contributed by atoms with Crippen LogP contribution in [0.15, 0.2) is 176 Å². The minimum absolute atomic E-state index is 0.451. The van der Waals surface area contributed by atoms with Gasteiger partial charge in [-0.05, 0) is 98.1 Å². The lowest BCUT2D eigenvalue weighted by Gasteiger charge is -2.31. The molecular weight excluding hydrogens is 635 g/mol. The molecule has 0 bridgehead atoms. The van der Waals surface area contributed by atoms with Crippen LogP contribution in [0.25, 0.3) is 81.0 Å². The monoisotopic (exact) mass is 663 g/mol. The fourth-order valence-corrected chi connectivity index (χ4v) is 10.8. The van der Waals surface area contributed by atoms with Crippen molar-refractivity contribution in [1.29, 1.82) is 0 Å². The molecule has 12 rings (SSSR count). The minimum Gasteiger partial charge on any atom is -0.309 e. The van der Waals surface area contributed by atoms with Crippen LogP contribution in [0.1, 0.15) is 22.3 Å². The van der Waals surface area contributed by atoms with Crippen LogP contribution in [-0.4, -0.2) is 4.57 Å². The summed E-state index contributed by atoms with van der Waals surface area (Å²) in [6, 6.07) is 66.0. The molecule has 0 unspecified atom stereocenters. The number of hydrogen-bond acceptors (Lipinski definition) is 1. The van der Waals surface area contributed by atoms with Crippen molar-refractivity contribution >= 4 is 53.3 Å². The van der Waals surface area contributed by atoms with Crippen molar-refractivity contribution < 1.29 is 0 Å². The Morgan fingerprint density at radius 3 is 1.63 bits per heavy atom. The molecular formula is C49H29NS. The van der Waals surface area contributed by atoms with Crippen molar-refractivity contribution in [3.63, 3.8) is 0 Å². The second-order valence-electron chi connectivity index (χ2n) is 14.0. The predicted molar refractivity (Wildman–Crippen MR) is 215 cm³/mol. The molecule has 8 aromatic carbocycles. The van der Waals surface area contributed by atoms with Crippen LogP contribution in [0.2, 0.25) is 0 Å². The van der Waals surface area contributed by atoms with Crippen LogP contribution in [0, 0.1) is 0 Å². The summed E-state index contributed by atoms with van der Waals surface area (Å²) in [5, 5.41) is 5.24. The third-order valence-corrected chi connectivity index (χ3v) is 12.8. The SMILES string of the molecule is c1ccc2c(c1)-c1ccccc1C21c2cc(-c3cccc4sc5ccccc5c34)ccc2-c2ccc(-n3c4ccccc4c4ccccc43)cc21. The molecule has 0 N–H and O–H groups in total. The van der Waals surface area contributed by atoms with Crippen molar-refractivity contribution in [3.05, 3.63) is 198 Å². The molecule has 1 spiro atoms. The molecule has 0 aliphatic heterocycles. The van der Waals surface area contributed by atoms with Gasteiger partial charge in [-0.3, -0.25) is 0 Å². The van der Waals surface area contributed by atoms with Crippen LogP contribution in [0.5, 0.6) is 0 Å². The smallest absolute Gasteiger partial charge is 0.0726 e. The topological polar surface area (TPSA) is 4.93 Å². The third-order valence-electron chi connectivity index (χ3n) is 11.6. The van der Waals surface area contributed by atoms with Gasteiger partial charge >= 0.3 is 0 Å². The molecule has 51 heavy (non-hydrogen) atoms. The van der Waals surface area contributed by atoms with E-state index in [1.165, 1.54) is 103 Å². The largest absolute Gasteiger partial charge is 0.309 e. The molecule has 236 valence electrons. The number of fused-ring (bicyclic) bond motifs is 16. The van der Waals surface area contributed by atoms with Gasteiger partial charge in [0.05, 0.1) is 16.4 Å². The second kappa shape index (κ2) is 9.94. The number of nitrogens with zero attached hydrogens (tertiary/aromatic N) is 1. The van der Waals surface area contributed by atoms with E-state index in [1.807, 2.05) is 11.3 Å². The summed E-state index contributed by atoms with van der Waals surface area (Å²) in [5.74, 6) is 0. The summed E-state index contributed by atoms with van der Waals surface area (Å²) >= 11 is 1.89. The maximum absolute atomic E-state index is 2.52. The van der Waals surface area contributed by atoms with E-state index in [-0.39, 0.29) is 0 Å². The van der Waals surface area contributed by atoms with E-state index in [0.717, 1.165) is 0 Å². The lowest BCUT2D eigenvalue weighted by atomic mass is 9.70. The highest BCUT2D eigenvalue weighted by molar-refractivity contribution is 7.25. The Kier molecular flexibility index (Phi) is 5.38. The van der Waals surface area contributed by atoms with Gasteiger partial charge in [0.1, 0.15) is 0 Å². The second-order valence-corrected chi connectivity index (χ2v) is 15.1. The van der Waals surface area contributed by atoms with Crippen molar-refractivity contribution in [2.24, 2.45) is 0 Å². The lowest BCUT2D eigenvalue weighted by molar-refractivity contribution is 0.793. The molecule has 0 fully saturated rings. The fraction of sp³-hybridized carbons (Fsp3) is 0.0204. The minimum atomic E-state index is -0.451. The van der Waals surface area contributed by atoms with Gasteiger partial charge < -0.3 is 4.57 Å². The molecule has 10 aromatic rings. The first kappa shape index (κ1) is 27.6. The summed E-state index contributed by atoms with van der Waals surface area (Å²) < 4.78 is 5.13. The van der Waals surface area contributed by atoms with Crippen LogP contribution >= 0.6 is 11.3 Å². The Balaban J connectivity index is 1.18. The van der Waals surface area contributed by atoms with Crippen LogP contribution in [-0.2, 0) is 5.41 Å². The molecule has 0 amide bonds. The summed E-state index contributed by atoms with van der Waals surface area (Å²) in [5.41, 5.74) is 16.5. The van der Waals surface area contributed by atoms with Gasteiger partial charge in [-0.15, -0.1) is 11.3 Å². The molecule has 0 saturated heterocycles. The maximum atomic E-state index is 2.52. The van der Waals surface area contributed by atoms with E-state index < -0.39 is 5.41 Å². The van der Waals surface area contributed by atoms with E-state index in [0.29, 0.717) is 0 Å². The molecule has 2 heterocycles. The number of hydrogen-bond donors (Lipinski definition) is 0. The van der Waals surface area contributed by atoms with E-state index in [1.54, 1.807) is 0 Å². The summed E-state index contributed by atoms with van der Waals surface area (Å²) in [6.45, 7) is 0. The first-order valence-electron chi connectivity index (χ1n) is 17.7. The molecule has 2 aliphatic rings. The summed E-state index contributed by atoms with van der Waals surface area (Å²) in [4.78, 5) is 0. The molecule has 0 atom stereocenters. The van der Waals surface area contributed by atoms with E-state index in [9.17, 15) is 0 Å². The third kappa shape index (κ3) is 3.45. The van der Waals surface area contributed by atoms with E-state index >= 15 is 0 Å². The first-order valence-corrected chi connectivity index (χ1v) is 18.5. The van der Waals surface area contributed by atoms with Gasteiger partial charge in [-0.25, -0.2) is 0 Å². The van der Waals surface area contributed by atoms with Crippen molar-refractivity contribution in [2.45, 2.75) is 5.41 Å². The predicted octanol–water partition coefficient (Wildman–Crippen LogP) is 13.2. The molecule has 2 aliphatic carbocycles. The highest BCUT2D eigenvalue weighted by Gasteiger charge is 2.51. The van der Waals surface area contributed by atoms with Crippen LogP contribution in [0.3, 0.4) is 0 Å². The average Bonchev–Trinajstić information content (AvgIpc) is 3.91. The Morgan fingerprint density at radius 2 is 0.902 bits per heavy atom. The Labute approximate surface area is 299 Å². The van der Waals surface area contributed by atoms with E-state index in [2.05, 4.69) is 180 Å². The molecule has 1 nitrogen and oxygen atoms in total. The highest BCUT2D eigenvalue weighted by atomic mass is 32.1. The van der Waals surface area contributed by atoms with Crippen molar-refractivity contribution in [1.82, 2.24) is 4.57 Å². The highest BCUT2D eigenvalue weighted by Crippen LogP contribution is 2.63. The Bertz CT molecular complexity index is 3000. The van der Waals surface area contributed by atoms with Crippen molar-refractivity contribution in [2.75, 3.05) is 0 Å². The van der Waals surface area contributed by atoms with Crippen LogP contribution in [0.4, 0.5) is 0 Å². The number of rotatable bonds is 2. The van der Waals surface area contributed by atoms with Gasteiger partial charge in [-0.1, -0.05) is 133 Å². The summed E-state index contributed by atoms with van der Waals surface area (Å²) in [6.07, 6.45) is 0. The van der Waals surface area contributed by atoms with Crippen molar-refractivity contribution in [3.8, 4) is 39.1 Å². The number of para-hydroxylation sites is 2. The zero-order valence-corrected chi connectivity index (χ0v) is 28.4. The van der Waals surface area contributed by atoms with E-state index in [4.69, 9.17) is 0 Å². The fourth-order valence-electron chi connectivity index (χ4n) is 9.65. The quantitative estimate of drug-likeness (QED) is 0.173. The van der Waals surface area contributed by atoms with Gasteiger partial charge in [0.25, 0.3) is 0 Å². The molecule has 0 saturated carbocycles. The lowest BCUT2D eigenvalue weighted by Crippen LogP contribution is -2.26. The van der Waals surface area contributed by atoms with Gasteiger partial charge in [0.2, 0.25) is 0 Å². The van der Waals surface area contributed by atoms with Gasteiger partial charge in [0.15, 0.2) is 0 Å². The number of aromatic nitrogens is 1. The number of benzene rings is 8. The maximum Gasteiger partial charge on any atom is 0.0726 e. The Morgan fingerprint density at radius 1 is 0.373 bits per heavy atom. The first-order chi connectivity index (χ1) is 25.3. The number of thiophene rings is 1. The Hall–Kier alpha value is -6.22. The normalized spacial score (nSPS) is 13.6.